The second kappa shape index (κ2) is 4.23. The van der Waals surface area contributed by atoms with E-state index < -0.39 is 5.56 Å². The maximum atomic E-state index is 11.7. The van der Waals surface area contributed by atoms with Crippen LogP contribution < -0.4 is 10.9 Å². The lowest BCUT2D eigenvalue weighted by atomic mass is 10.1. The zero-order valence-corrected chi connectivity index (χ0v) is 9.40. The molecule has 16 heavy (non-hydrogen) atoms. The van der Waals surface area contributed by atoms with Crippen molar-refractivity contribution in [3.63, 3.8) is 0 Å². The lowest BCUT2D eigenvalue weighted by Crippen LogP contribution is -2.57. The van der Waals surface area contributed by atoms with Crippen molar-refractivity contribution in [2.75, 3.05) is 26.7 Å². The van der Waals surface area contributed by atoms with Crippen molar-refractivity contribution in [1.82, 2.24) is 15.0 Å². The fourth-order valence-electron chi connectivity index (χ4n) is 1.61. The molecule has 0 radical (unpaired) electrons. The summed E-state index contributed by atoms with van der Waals surface area (Å²) in [6.45, 7) is 3.61. The molecule has 1 saturated heterocycles. The largest absolute Gasteiger partial charge is 0.373 e. The Morgan fingerprint density at radius 2 is 2.38 bits per heavy atom. The Hall–Kier alpha value is -1.40. The van der Waals surface area contributed by atoms with Crippen LogP contribution in [0, 0.1) is 6.92 Å². The Morgan fingerprint density at radius 3 is 2.81 bits per heavy atom. The van der Waals surface area contributed by atoms with E-state index in [0.29, 0.717) is 11.8 Å². The average Bonchev–Trinajstić information content (AvgIpc) is 2.41. The van der Waals surface area contributed by atoms with Crippen LogP contribution in [0.4, 0.5) is 0 Å². The van der Waals surface area contributed by atoms with Crippen LogP contribution in [-0.4, -0.2) is 48.3 Å². The summed E-state index contributed by atoms with van der Waals surface area (Å²) in [7, 11) is 1.87. The van der Waals surface area contributed by atoms with Gasteiger partial charge in [-0.05, 0) is 14.0 Å². The van der Waals surface area contributed by atoms with Gasteiger partial charge in [0.25, 0.3) is 11.5 Å². The van der Waals surface area contributed by atoms with Crippen LogP contribution in [0.5, 0.6) is 0 Å². The number of rotatable bonds is 3. The number of aromatic nitrogens is 1. The predicted octanol–water partition coefficient (Wildman–Crippen LogP) is -0.706. The molecule has 2 rings (SSSR count). The van der Waals surface area contributed by atoms with Crippen LogP contribution in [0.15, 0.2) is 15.4 Å². The molecule has 0 atom stereocenters. The van der Waals surface area contributed by atoms with Gasteiger partial charge in [0, 0.05) is 25.2 Å². The standard InChI is InChI=1S/C10H15N3O3/c1-7-3-9(14)13(16-7)10(15)6-12(2)8-4-11-5-8/h3,8,11H,4-6H2,1-2H3. The first kappa shape index (κ1) is 11.1. The van der Waals surface area contributed by atoms with Crippen LogP contribution in [-0.2, 0) is 0 Å². The normalized spacial score (nSPS) is 16.4. The smallest absolute Gasteiger partial charge is 0.290 e. The van der Waals surface area contributed by atoms with E-state index in [1.165, 1.54) is 6.07 Å². The quantitative estimate of drug-likeness (QED) is 0.736. The van der Waals surface area contributed by atoms with Gasteiger partial charge in [0.1, 0.15) is 5.76 Å². The molecule has 1 fully saturated rings. The predicted molar refractivity (Wildman–Crippen MR) is 57.6 cm³/mol. The van der Waals surface area contributed by atoms with Crippen LogP contribution in [0.1, 0.15) is 10.6 Å². The highest BCUT2D eigenvalue weighted by Gasteiger charge is 2.24. The third-order valence-electron chi connectivity index (χ3n) is 2.76. The summed E-state index contributed by atoms with van der Waals surface area (Å²) in [5.74, 6) is 0.124. The number of hydrogen-bond donors (Lipinski definition) is 1. The van der Waals surface area contributed by atoms with Gasteiger partial charge >= 0.3 is 0 Å². The van der Waals surface area contributed by atoms with E-state index in [1.54, 1.807) is 6.92 Å². The lowest BCUT2D eigenvalue weighted by molar-refractivity contribution is 0.0678. The fraction of sp³-hybridized carbons (Fsp3) is 0.600. The molecule has 0 bridgehead atoms. The number of carbonyl (C=O) groups is 1. The van der Waals surface area contributed by atoms with Gasteiger partial charge in [0.2, 0.25) is 0 Å². The molecule has 1 aromatic heterocycles. The Balaban J connectivity index is 2.02. The Morgan fingerprint density at radius 1 is 1.69 bits per heavy atom. The molecule has 0 amide bonds. The molecule has 1 aromatic rings. The van der Waals surface area contributed by atoms with Gasteiger partial charge in [-0.15, -0.1) is 4.74 Å². The zero-order valence-electron chi connectivity index (χ0n) is 9.40. The van der Waals surface area contributed by atoms with Gasteiger partial charge in [-0.3, -0.25) is 14.5 Å². The highest BCUT2D eigenvalue weighted by Crippen LogP contribution is 2.02. The Bertz CT molecular complexity index is 444. The molecule has 6 heteroatoms. The fourth-order valence-corrected chi connectivity index (χ4v) is 1.61. The van der Waals surface area contributed by atoms with Gasteiger partial charge < -0.3 is 9.84 Å². The lowest BCUT2D eigenvalue weighted by Gasteiger charge is -2.34. The molecule has 0 saturated carbocycles. The molecule has 0 aliphatic carbocycles. The first-order chi connectivity index (χ1) is 7.58. The summed E-state index contributed by atoms with van der Waals surface area (Å²) in [6, 6.07) is 1.68. The summed E-state index contributed by atoms with van der Waals surface area (Å²) in [6.07, 6.45) is 0. The summed E-state index contributed by atoms with van der Waals surface area (Å²) < 4.78 is 5.84. The SMILES string of the molecule is Cc1cc(=O)n(C(=O)CN(C)C2CNC2)o1. The van der Waals surface area contributed by atoms with Crippen molar-refractivity contribution in [1.29, 1.82) is 0 Å². The van der Waals surface area contributed by atoms with Crippen LogP contribution >= 0.6 is 0 Å². The minimum atomic E-state index is -0.400. The molecule has 0 unspecified atom stereocenters. The number of likely N-dealkylation sites (N-methyl/N-ethyl adjacent to an activating group) is 1. The van der Waals surface area contributed by atoms with Gasteiger partial charge in [-0.1, -0.05) is 0 Å². The summed E-state index contributed by atoms with van der Waals surface area (Å²) in [5, 5.41) is 3.13. The topological polar surface area (TPSA) is 67.5 Å². The van der Waals surface area contributed by atoms with Crippen molar-refractivity contribution in [2.45, 2.75) is 13.0 Å². The maximum Gasteiger partial charge on any atom is 0.290 e. The van der Waals surface area contributed by atoms with E-state index in [4.69, 9.17) is 4.52 Å². The van der Waals surface area contributed by atoms with Crippen LogP contribution in [0.25, 0.3) is 0 Å². The number of nitrogens with one attached hydrogen (secondary N) is 1. The summed E-state index contributed by atoms with van der Waals surface area (Å²) in [4.78, 5) is 25.0. The van der Waals surface area contributed by atoms with E-state index in [0.717, 1.165) is 17.8 Å². The van der Waals surface area contributed by atoms with E-state index in [9.17, 15) is 9.59 Å². The average molecular weight is 225 g/mol. The van der Waals surface area contributed by atoms with Gasteiger partial charge in [0.05, 0.1) is 6.54 Å². The highest BCUT2D eigenvalue weighted by atomic mass is 16.5. The molecule has 88 valence electrons. The second-order valence-corrected chi connectivity index (χ2v) is 4.10. The van der Waals surface area contributed by atoms with Gasteiger partial charge in [-0.2, -0.15) is 0 Å². The van der Waals surface area contributed by atoms with E-state index in [2.05, 4.69) is 5.32 Å². The molecular formula is C10H15N3O3. The number of hydrogen-bond acceptors (Lipinski definition) is 5. The minimum Gasteiger partial charge on any atom is -0.373 e. The summed E-state index contributed by atoms with van der Waals surface area (Å²) >= 11 is 0. The first-order valence-corrected chi connectivity index (χ1v) is 5.22. The molecular weight excluding hydrogens is 210 g/mol. The molecule has 1 aliphatic rings. The molecule has 0 spiro atoms. The van der Waals surface area contributed by atoms with Crippen molar-refractivity contribution < 1.29 is 9.32 Å². The maximum absolute atomic E-state index is 11.7. The van der Waals surface area contributed by atoms with E-state index >= 15 is 0 Å². The Kier molecular flexibility index (Phi) is 2.93. The van der Waals surface area contributed by atoms with Crippen molar-refractivity contribution >= 4 is 5.91 Å². The molecule has 1 N–H and O–H groups in total. The third kappa shape index (κ3) is 2.07. The van der Waals surface area contributed by atoms with Crippen molar-refractivity contribution in [2.24, 2.45) is 0 Å². The molecule has 2 heterocycles. The van der Waals surface area contributed by atoms with Crippen LogP contribution in [0.2, 0.25) is 0 Å². The number of aryl methyl sites for hydroxylation is 1. The first-order valence-electron chi connectivity index (χ1n) is 5.22. The third-order valence-corrected chi connectivity index (χ3v) is 2.76. The zero-order chi connectivity index (χ0) is 11.7. The van der Waals surface area contributed by atoms with E-state index in [1.807, 2.05) is 11.9 Å². The highest BCUT2D eigenvalue weighted by molar-refractivity contribution is 5.79. The minimum absolute atomic E-state index is 0.194. The second-order valence-electron chi connectivity index (χ2n) is 4.10. The van der Waals surface area contributed by atoms with E-state index in [-0.39, 0.29) is 12.5 Å². The van der Waals surface area contributed by atoms with Crippen molar-refractivity contribution in [3.8, 4) is 0 Å². The van der Waals surface area contributed by atoms with Crippen LogP contribution in [0.3, 0.4) is 0 Å². The van der Waals surface area contributed by atoms with Gasteiger partial charge in [0.15, 0.2) is 0 Å². The van der Waals surface area contributed by atoms with Gasteiger partial charge in [-0.25, -0.2) is 0 Å². The number of carbonyl (C=O) groups excluding carboxylic acids is 1. The molecule has 6 nitrogen and oxygen atoms in total. The monoisotopic (exact) mass is 225 g/mol. The van der Waals surface area contributed by atoms with Crippen molar-refractivity contribution in [3.05, 3.63) is 22.2 Å². The Labute approximate surface area is 92.8 Å². The number of nitrogens with zero attached hydrogens (tertiary/aromatic N) is 2. The molecule has 0 aromatic carbocycles. The summed E-state index contributed by atoms with van der Waals surface area (Å²) in [5.41, 5.74) is -0.400. The molecule has 1 aliphatic heterocycles.